The first-order valence-corrected chi connectivity index (χ1v) is 18.6. The number of rotatable bonds is 16. The average molecular weight is 690 g/mol. The van der Waals surface area contributed by atoms with Crippen LogP contribution in [0.4, 0.5) is 0 Å². The van der Waals surface area contributed by atoms with Gasteiger partial charge in [-0.1, -0.05) is 133 Å². The second-order valence-corrected chi connectivity index (χ2v) is 18.1. The minimum absolute atomic E-state index is 0.0326. The summed E-state index contributed by atoms with van der Waals surface area (Å²) in [5, 5.41) is 14.0. The third kappa shape index (κ3) is 13.4. The lowest BCUT2D eigenvalue weighted by molar-refractivity contribution is -0.129. The Morgan fingerprint density at radius 1 is 0.640 bits per heavy atom. The molecule has 6 heteroatoms. The van der Waals surface area contributed by atoms with Gasteiger partial charge in [-0.15, -0.1) is 0 Å². The molecule has 2 N–H and O–H groups in total. The molecule has 0 aromatic heterocycles. The molecule has 0 fully saturated rings. The molecule has 0 bridgehead atoms. The molecule has 0 aliphatic rings. The van der Waals surface area contributed by atoms with E-state index < -0.39 is 5.97 Å². The number of phenolic OH excluding ortho intramolecular Hbond substituents is 1. The summed E-state index contributed by atoms with van der Waals surface area (Å²) in [5.41, 5.74) is 5.04. The Labute approximate surface area is 303 Å². The maximum atomic E-state index is 12.7. The average Bonchev–Trinajstić information content (AvgIpc) is 2.98. The molecular formula is C44H67NO5. The Bertz CT molecular complexity index is 1420. The van der Waals surface area contributed by atoms with Gasteiger partial charge in [0.15, 0.2) is 0 Å². The number of hydrogen-bond acceptors (Lipinski definition) is 5. The summed E-state index contributed by atoms with van der Waals surface area (Å²) < 4.78 is 5.77. The number of carbonyl (C=O) groups is 3. The van der Waals surface area contributed by atoms with Gasteiger partial charge in [-0.05, 0) is 69.6 Å². The Kier molecular flexibility index (Phi) is 15.1. The van der Waals surface area contributed by atoms with Gasteiger partial charge in [0.1, 0.15) is 17.3 Å². The predicted octanol–water partition coefficient (Wildman–Crippen LogP) is 10.3. The predicted molar refractivity (Wildman–Crippen MR) is 208 cm³/mol. The number of amides is 1. The smallest absolute Gasteiger partial charge is 0.335 e. The number of ketones is 1. The van der Waals surface area contributed by atoms with Crippen LogP contribution in [0.1, 0.15) is 168 Å². The molecular weight excluding hydrogens is 622 g/mol. The number of unbranched alkanes of at least 4 members (excludes halogenated alkanes) is 4. The van der Waals surface area contributed by atoms with Crippen LogP contribution in [0, 0.1) is 0 Å². The number of nitrogens with one attached hydrogen (secondary N) is 1. The van der Waals surface area contributed by atoms with Crippen LogP contribution in [-0.4, -0.2) is 29.3 Å². The first-order valence-electron chi connectivity index (χ1n) is 18.6. The summed E-state index contributed by atoms with van der Waals surface area (Å²) in [5.74, 6) is 0.808. The number of carbonyl (C=O) groups excluding carboxylic acids is 3. The van der Waals surface area contributed by atoms with E-state index in [9.17, 15) is 19.5 Å². The molecule has 0 spiro atoms. The maximum Gasteiger partial charge on any atom is 0.335 e. The standard InChI is InChI=1S/C44H67NO5/c1-14-38(48)50-40-35(43(8,9)10)28-31(29-36(40)44(11,12)13)22-24-37(47)45-25-19-17-15-16-18-20-32(46)23-21-30-26-33(41(2,3)4)39(49)34(27-30)42(5,6)7/h14,26-29,49H,1,15-25H2,2-13H3,(H,45,47). The maximum absolute atomic E-state index is 12.7. The molecule has 1 amide bonds. The summed E-state index contributed by atoms with van der Waals surface area (Å²) in [7, 11) is 0. The van der Waals surface area contributed by atoms with Crippen LogP contribution in [0.15, 0.2) is 36.9 Å². The number of ether oxygens (including phenoxy) is 1. The molecule has 0 radical (unpaired) electrons. The highest BCUT2D eigenvalue weighted by molar-refractivity contribution is 5.84. The van der Waals surface area contributed by atoms with E-state index in [2.05, 4.69) is 119 Å². The molecule has 2 aromatic rings. The lowest BCUT2D eigenvalue weighted by atomic mass is 9.78. The zero-order valence-electron chi connectivity index (χ0n) is 33.5. The van der Waals surface area contributed by atoms with Gasteiger partial charge in [-0.25, -0.2) is 4.79 Å². The second kappa shape index (κ2) is 17.7. The number of aryl methyl sites for hydroxylation is 2. The van der Waals surface area contributed by atoms with E-state index in [1.807, 2.05) is 0 Å². The van der Waals surface area contributed by atoms with Gasteiger partial charge in [0.25, 0.3) is 0 Å². The third-order valence-corrected chi connectivity index (χ3v) is 9.21. The number of phenols is 1. The van der Waals surface area contributed by atoms with Gasteiger partial charge in [-0.3, -0.25) is 9.59 Å². The van der Waals surface area contributed by atoms with Gasteiger partial charge in [0.05, 0.1) is 0 Å². The lowest BCUT2D eigenvalue weighted by Gasteiger charge is -2.30. The molecule has 0 saturated carbocycles. The lowest BCUT2D eigenvalue weighted by Crippen LogP contribution is -2.25. The van der Waals surface area contributed by atoms with E-state index >= 15 is 0 Å². The molecule has 0 unspecified atom stereocenters. The van der Waals surface area contributed by atoms with Crippen molar-refractivity contribution in [3.05, 3.63) is 70.3 Å². The largest absolute Gasteiger partial charge is 0.507 e. The Morgan fingerprint density at radius 2 is 1.06 bits per heavy atom. The van der Waals surface area contributed by atoms with Gasteiger partial charge in [0, 0.05) is 43.0 Å². The van der Waals surface area contributed by atoms with Gasteiger partial charge >= 0.3 is 5.97 Å². The molecule has 0 heterocycles. The first-order chi connectivity index (χ1) is 22.9. The number of hydrogen-bond donors (Lipinski definition) is 2. The normalized spacial score (nSPS) is 12.5. The quantitative estimate of drug-likeness (QED) is 0.0792. The zero-order valence-corrected chi connectivity index (χ0v) is 33.5. The van der Waals surface area contributed by atoms with Crippen LogP contribution in [0.2, 0.25) is 0 Å². The second-order valence-electron chi connectivity index (χ2n) is 18.1. The zero-order chi connectivity index (χ0) is 38.1. The van der Waals surface area contributed by atoms with E-state index in [1.54, 1.807) is 0 Å². The number of esters is 1. The summed E-state index contributed by atoms with van der Waals surface area (Å²) in [6.45, 7) is 29.4. The number of aromatic hydroxyl groups is 1. The number of benzene rings is 2. The van der Waals surface area contributed by atoms with E-state index in [1.165, 1.54) is 6.08 Å². The molecule has 6 nitrogen and oxygen atoms in total. The molecule has 278 valence electrons. The third-order valence-electron chi connectivity index (χ3n) is 9.21. The molecule has 50 heavy (non-hydrogen) atoms. The molecule has 2 aromatic carbocycles. The minimum Gasteiger partial charge on any atom is -0.507 e. The van der Waals surface area contributed by atoms with Crippen LogP contribution < -0.4 is 10.1 Å². The Hall–Kier alpha value is -3.41. The van der Waals surface area contributed by atoms with E-state index in [-0.39, 0.29) is 33.4 Å². The van der Waals surface area contributed by atoms with Crippen LogP contribution in [-0.2, 0) is 48.9 Å². The van der Waals surface area contributed by atoms with Crippen molar-refractivity contribution >= 4 is 17.7 Å². The van der Waals surface area contributed by atoms with Gasteiger partial charge in [-0.2, -0.15) is 0 Å². The summed E-state index contributed by atoms with van der Waals surface area (Å²) in [6.07, 6.45) is 8.85. The van der Waals surface area contributed by atoms with Crippen molar-refractivity contribution in [1.29, 1.82) is 0 Å². The number of Topliss-reactive ketones (excluding diaryl/α,β-unsaturated/α-hetero) is 1. The molecule has 0 aliphatic heterocycles. The molecule has 0 saturated heterocycles. The van der Waals surface area contributed by atoms with Gasteiger partial charge in [0.2, 0.25) is 5.91 Å². The van der Waals surface area contributed by atoms with Crippen molar-refractivity contribution in [2.24, 2.45) is 0 Å². The Balaban J connectivity index is 1.78. The molecule has 0 atom stereocenters. The summed E-state index contributed by atoms with van der Waals surface area (Å²) in [4.78, 5) is 37.6. The van der Waals surface area contributed by atoms with E-state index in [0.717, 1.165) is 65.5 Å². The van der Waals surface area contributed by atoms with E-state index in [4.69, 9.17) is 4.74 Å². The van der Waals surface area contributed by atoms with Crippen molar-refractivity contribution in [1.82, 2.24) is 5.32 Å². The highest BCUT2D eigenvalue weighted by atomic mass is 16.5. The van der Waals surface area contributed by atoms with Crippen molar-refractivity contribution < 1.29 is 24.2 Å². The topological polar surface area (TPSA) is 92.7 Å². The molecule has 0 aliphatic carbocycles. The highest BCUT2D eigenvalue weighted by Gasteiger charge is 2.29. The summed E-state index contributed by atoms with van der Waals surface area (Å²) in [6, 6.07) is 8.28. The van der Waals surface area contributed by atoms with Crippen LogP contribution in [0.25, 0.3) is 0 Å². The van der Waals surface area contributed by atoms with Crippen LogP contribution >= 0.6 is 0 Å². The highest BCUT2D eigenvalue weighted by Crippen LogP contribution is 2.42. The monoisotopic (exact) mass is 690 g/mol. The van der Waals surface area contributed by atoms with Crippen molar-refractivity contribution in [3.63, 3.8) is 0 Å². The van der Waals surface area contributed by atoms with Crippen molar-refractivity contribution in [3.8, 4) is 11.5 Å². The SMILES string of the molecule is C=CC(=O)Oc1c(C(C)(C)C)cc(CCC(=O)NCCCCCCCC(=O)CCc2cc(C(C)(C)C)c(O)c(C(C)(C)C)c2)cc1C(C)(C)C. The fraction of sp³-hybridized carbons (Fsp3) is 0.614. The fourth-order valence-corrected chi connectivity index (χ4v) is 6.14. The van der Waals surface area contributed by atoms with Crippen LogP contribution in [0.5, 0.6) is 11.5 Å². The fourth-order valence-electron chi connectivity index (χ4n) is 6.14. The molecule has 2 rings (SSSR count). The first kappa shape index (κ1) is 42.8. The Morgan fingerprint density at radius 3 is 1.52 bits per heavy atom. The van der Waals surface area contributed by atoms with Crippen LogP contribution in [0.3, 0.4) is 0 Å². The van der Waals surface area contributed by atoms with Crippen molar-refractivity contribution in [2.75, 3.05) is 6.54 Å². The summed E-state index contributed by atoms with van der Waals surface area (Å²) >= 11 is 0. The minimum atomic E-state index is -0.479. The van der Waals surface area contributed by atoms with Crippen molar-refractivity contribution in [2.45, 2.75) is 169 Å². The van der Waals surface area contributed by atoms with E-state index in [0.29, 0.717) is 50.1 Å². The van der Waals surface area contributed by atoms with Gasteiger partial charge < -0.3 is 15.2 Å².